The Labute approximate surface area is 70.4 Å². The number of nitrogens with one attached hydrogen (secondary N) is 1. The van der Waals surface area contributed by atoms with Gasteiger partial charge in [-0.1, -0.05) is 13.8 Å². The van der Waals surface area contributed by atoms with Gasteiger partial charge in [0.2, 0.25) is 0 Å². The zero-order valence-electron chi connectivity index (χ0n) is 7.07. The lowest BCUT2D eigenvalue weighted by Crippen LogP contribution is -2.42. The van der Waals surface area contributed by atoms with Crippen molar-refractivity contribution >= 4 is 11.9 Å². The van der Waals surface area contributed by atoms with Crippen molar-refractivity contribution in [3.8, 4) is 0 Å². The number of aliphatic carboxylic acids is 2. The molecule has 0 saturated carbocycles. The Morgan fingerprint density at radius 2 is 1.83 bits per heavy atom. The largest absolute Gasteiger partial charge is 0.481 e. The number of rotatable bonds is 5. The van der Waals surface area contributed by atoms with E-state index < -0.39 is 24.4 Å². The molecule has 1 atom stereocenters. The molecule has 0 bridgehead atoms. The molecule has 0 fully saturated rings. The van der Waals surface area contributed by atoms with Gasteiger partial charge in [0.05, 0.1) is 6.42 Å². The molecule has 12 heavy (non-hydrogen) atoms. The zero-order chi connectivity index (χ0) is 9.72. The van der Waals surface area contributed by atoms with E-state index in [1.54, 1.807) is 13.8 Å². The standard InChI is InChI=1S/C7H13NO4/c1-4(2)8-5(7(11)12)3-6(9)10/h4-5,8H,3H2,1-2H3,(H,9,10)(H,11,12). The van der Waals surface area contributed by atoms with Gasteiger partial charge >= 0.3 is 11.9 Å². The first-order valence-electron chi connectivity index (χ1n) is 3.64. The van der Waals surface area contributed by atoms with Gasteiger partial charge < -0.3 is 15.5 Å². The van der Waals surface area contributed by atoms with Crippen LogP contribution in [0.3, 0.4) is 0 Å². The number of hydrogen-bond acceptors (Lipinski definition) is 3. The van der Waals surface area contributed by atoms with E-state index in [0.717, 1.165) is 0 Å². The van der Waals surface area contributed by atoms with Crippen LogP contribution in [0.15, 0.2) is 0 Å². The first-order chi connectivity index (χ1) is 5.43. The molecule has 0 aliphatic rings. The second-order valence-electron chi connectivity index (χ2n) is 2.81. The molecule has 5 heteroatoms. The average molecular weight is 175 g/mol. The molecular weight excluding hydrogens is 162 g/mol. The second kappa shape index (κ2) is 4.71. The molecule has 1 unspecified atom stereocenters. The van der Waals surface area contributed by atoms with Crippen LogP contribution in [-0.2, 0) is 9.59 Å². The Balaban J connectivity index is 4.04. The molecule has 0 aromatic heterocycles. The van der Waals surface area contributed by atoms with E-state index >= 15 is 0 Å². The quantitative estimate of drug-likeness (QED) is 0.543. The van der Waals surface area contributed by atoms with Crippen LogP contribution in [0.25, 0.3) is 0 Å². The Kier molecular flexibility index (Phi) is 4.28. The summed E-state index contributed by atoms with van der Waals surface area (Å²) in [7, 11) is 0. The van der Waals surface area contributed by atoms with Gasteiger partial charge in [0.25, 0.3) is 0 Å². The lowest BCUT2D eigenvalue weighted by Gasteiger charge is -2.14. The van der Waals surface area contributed by atoms with Gasteiger partial charge in [-0.3, -0.25) is 9.59 Å². The van der Waals surface area contributed by atoms with Crippen molar-refractivity contribution < 1.29 is 19.8 Å². The van der Waals surface area contributed by atoms with Crippen LogP contribution >= 0.6 is 0 Å². The van der Waals surface area contributed by atoms with Crippen molar-refractivity contribution in [2.75, 3.05) is 0 Å². The fourth-order valence-electron chi connectivity index (χ4n) is 0.795. The minimum absolute atomic E-state index is 0.0366. The molecule has 0 amide bonds. The van der Waals surface area contributed by atoms with Crippen molar-refractivity contribution in [1.29, 1.82) is 0 Å². The summed E-state index contributed by atoms with van der Waals surface area (Å²) in [5, 5.41) is 19.5. The van der Waals surface area contributed by atoms with Crippen molar-refractivity contribution in [2.24, 2.45) is 0 Å². The lowest BCUT2D eigenvalue weighted by molar-refractivity contribution is -0.146. The van der Waals surface area contributed by atoms with Gasteiger partial charge in [-0.25, -0.2) is 0 Å². The van der Waals surface area contributed by atoms with Crippen LogP contribution in [0, 0.1) is 0 Å². The van der Waals surface area contributed by atoms with Crippen LogP contribution in [0.2, 0.25) is 0 Å². The second-order valence-corrected chi connectivity index (χ2v) is 2.81. The fourth-order valence-corrected chi connectivity index (χ4v) is 0.795. The van der Waals surface area contributed by atoms with Crippen molar-refractivity contribution in [2.45, 2.75) is 32.4 Å². The summed E-state index contributed by atoms with van der Waals surface area (Å²) in [5.41, 5.74) is 0. The van der Waals surface area contributed by atoms with Crippen LogP contribution in [0.4, 0.5) is 0 Å². The zero-order valence-corrected chi connectivity index (χ0v) is 7.07. The third-order valence-corrected chi connectivity index (χ3v) is 1.21. The number of carboxylic acid groups (broad SMARTS) is 2. The van der Waals surface area contributed by atoms with E-state index in [0.29, 0.717) is 0 Å². The molecule has 0 aliphatic heterocycles. The third kappa shape index (κ3) is 4.68. The molecule has 0 aromatic carbocycles. The summed E-state index contributed by atoms with van der Waals surface area (Å²) in [4.78, 5) is 20.6. The van der Waals surface area contributed by atoms with Crippen LogP contribution in [-0.4, -0.2) is 34.2 Å². The van der Waals surface area contributed by atoms with E-state index in [4.69, 9.17) is 10.2 Å². The highest BCUT2D eigenvalue weighted by molar-refractivity contribution is 5.80. The Morgan fingerprint density at radius 3 is 2.08 bits per heavy atom. The van der Waals surface area contributed by atoms with E-state index in [1.807, 2.05) is 0 Å². The summed E-state index contributed by atoms with van der Waals surface area (Å²) < 4.78 is 0. The maximum Gasteiger partial charge on any atom is 0.321 e. The molecular formula is C7H13NO4. The average Bonchev–Trinajstić information content (AvgIpc) is 1.83. The van der Waals surface area contributed by atoms with E-state index in [2.05, 4.69) is 5.32 Å². The predicted octanol–water partition coefficient (Wildman–Crippen LogP) is -0.0877. The highest BCUT2D eigenvalue weighted by atomic mass is 16.4. The van der Waals surface area contributed by atoms with E-state index in [-0.39, 0.29) is 6.04 Å². The van der Waals surface area contributed by atoms with Gasteiger partial charge in [-0.15, -0.1) is 0 Å². The van der Waals surface area contributed by atoms with Gasteiger partial charge in [0.1, 0.15) is 6.04 Å². The van der Waals surface area contributed by atoms with E-state index in [1.165, 1.54) is 0 Å². The van der Waals surface area contributed by atoms with Crippen LogP contribution in [0.1, 0.15) is 20.3 Å². The number of carbonyl (C=O) groups is 2. The van der Waals surface area contributed by atoms with Gasteiger partial charge in [-0.05, 0) is 0 Å². The summed E-state index contributed by atoms with van der Waals surface area (Å²) in [6.07, 6.45) is -0.395. The van der Waals surface area contributed by atoms with Crippen molar-refractivity contribution in [3.05, 3.63) is 0 Å². The maximum atomic E-state index is 10.4. The van der Waals surface area contributed by atoms with Gasteiger partial charge in [-0.2, -0.15) is 0 Å². The molecule has 0 aliphatic carbocycles. The smallest absolute Gasteiger partial charge is 0.321 e. The Morgan fingerprint density at radius 1 is 1.33 bits per heavy atom. The molecule has 0 spiro atoms. The monoisotopic (exact) mass is 175 g/mol. The summed E-state index contributed by atoms with van der Waals surface area (Å²) >= 11 is 0. The Hall–Kier alpha value is -1.10. The number of hydrogen-bond donors (Lipinski definition) is 3. The Bertz CT molecular complexity index is 178. The molecule has 0 radical (unpaired) electrons. The first kappa shape index (κ1) is 10.9. The number of carboxylic acids is 2. The normalized spacial score (nSPS) is 12.9. The van der Waals surface area contributed by atoms with Crippen LogP contribution < -0.4 is 5.32 Å². The fraction of sp³-hybridized carbons (Fsp3) is 0.714. The minimum Gasteiger partial charge on any atom is -0.481 e. The summed E-state index contributed by atoms with van der Waals surface area (Å²) in [5.74, 6) is -2.25. The molecule has 0 aromatic rings. The van der Waals surface area contributed by atoms with Crippen molar-refractivity contribution in [3.63, 3.8) is 0 Å². The lowest BCUT2D eigenvalue weighted by atomic mass is 10.2. The first-order valence-corrected chi connectivity index (χ1v) is 3.64. The van der Waals surface area contributed by atoms with Crippen molar-refractivity contribution in [1.82, 2.24) is 5.32 Å². The molecule has 0 rings (SSSR count). The minimum atomic E-state index is -1.13. The molecule has 5 nitrogen and oxygen atoms in total. The summed E-state index contributed by atoms with van der Waals surface area (Å²) in [6.45, 7) is 3.52. The van der Waals surface area contributed by atoms with Gasteiger partial charge in [0, 0.05) is 6.04 Å². The maximum absolute atomic E-state index is 10.4. The highest BCUT2D eigenvalue weighted by Crippen LogP contribution is 1.94. The molecule has 0 saturated heterocycles. The molecule has 3 N–H and O–H groups in total. The van der Waals surface area contributed by atoms with Gasteiger partial charge in [0.15, 0.2) is 0 Å². The molecule has 0 heterocycles. The van der Waals surface area contributed by atoms with E-state index in [9.17, 15) is 9.59 Å². The predicted molar refractivity (Wildman–Crippen MR) is 41.9 cm³/mol. The third-order valence-electron chi connectivity index (χ3n) is 1.21. The van der Waals surface area contributed by atoms with Crippen LogP contribution in [0.5, 0.6) is 0 Å². The highest BCUT2D eigenvalue weighted by Gasteiger charge is 2.20. The summed E-state index contributed by atoms with van der Waals surface area (Å²) in [6, 6.07) is -1.03. The topological polar surface area (TPSA) is 86.6 Å². The SMILES string of the molecule is CC(C)NC(CC(=O)O)C(=O)O. The molecule has 70 valence electrons.